The van der Waals surface area contributed by atoms with Crippen molar-refractivity contribution in [2.24, 2.45) is 0 Å². The quantitative estimate of drug-likeness (QED) is 0.284. The van der Waals surface area contributed by atoms with Gasteiger partial charge in [0.05, 0.1) is 0 Å². The Kier molecular flexibility index (Phi) is 3.72. The molecule has 2 nitrogen and oxygen atoms in total. The first-order valence-electron chi connectivity index (χ1n) is 10.1. The van der Waals surface area contributed by atoms with E-state index in [1.165, 1.54) is 38.6 Å². The van der Waals surface area contributed by atoms with Gasteiger partial charge in [0, 0.05) is 10.8 Å². The molecule has 2 heteroatoms. The number of oxazole rings is 1. The van der Waals surface area contributed by atoms with Crippen molar-refractivity contribution in [3.05, 3.63) is 103 Å². The minimum atomic E-state index is 0.865. The minimum absolute atomic E-state index is 0.865. The summed E-state index contributed by atoms with van der Waals surface area (Å²) in [5.74, 6) is 0. The van der Waals surface area contributed by atoms with Gasteiger partial charge in [0.1, 0.15) is 5.52 Å². The van der Waals surface area contributed by atoms with Gasteiger partial charge in [0.15, 0.2) is 12.0 Å². The lowest BCUT2D eigenvalue weighted by Crippen LogP contribution is -1.90. The Morgan fingerprint density at radius 3 is 2.17 bits per heavy atom. The average molecular weight is 385 g/mol. The first kappa shape index (κ1) is 17.0. The average Bonchev–Trinajstić information content (AvgIpc) is 3.29. The standard InChI is InChI=1S/C28H19NO/c1-18-9-7-15-23-25(18)28-27(29-17-30-28)24-16-8-14-22(26(23)24)21-13-6-5-12-20(21)19-10-3-2-4-11-19/h2-17H,1H3. The SMILES string of the molecule is Cc1cccc2c3c(-c4ccccc4-c4ccccc4)cccc3c3ncoc3c12. The van der Waals surface area contributed by atoms with Gasteiger partial charge in [-0.05, 0) is 45.5 Å². The molecule has 0 fully saturated rings. The molecule has 0 N–H and O–H groups in total. The van der Waals surface area contributed by atoms with E-state index in [-0.39, 0.29) is 0 Å². The van der Waals surface area contributed by atoms with Crippen LogP contribution in [0.4, 0.5) is 0 Å². The van der Waals surface area contributed by atoms with Crippen LogP contribution in [0.1, 0.15) is 5.56 Å². The molecule has 0 amide bonds. The minimum Gasteiger partial charge on any atom is -0.443 e. The zero-order valence-corrected chi connectivity index (χ0v) is 16.6. The van der Waals surface area contributed by atoms with Gasteiger partial charge in [-0.3, -0.25) is 0 Å². The fraction of sp³-hybridized carbons (Fsp3) is 0.0357. The second-order valence-electron chi connectivity index (χ2n) is 7.67. The summed E-state index contributed by atoms with van der Waals surface area (Å²) in [6.45, 7) is 2.14. The van der Waals surface area contributed by atoms with E-state index in [2.05, 4.69) is 103 Å². The first-order chi connectivity index (χ1) is 14.8. The fourth-order valence-electron chi connectivity index (χ4n) is 4.64. The molecule has 0 saturated heterocycles. The van der Waals surface area contributed by atoms with E-state index >= 15 is 0 Å². The van der Waals surface area contributed by atoms with Gasteiger partial charge in [-0.2, -0.15) is 0 Å². The molecule has 0 aliphatic heterocycles. The predicted octanol–water partition coefficient (Wildman–Crippen LogP) is 7.78. The monoisotopic (exact) mass is 385 g/mol. The van der Waals surface area contributed by atoms with Crippen molar-refractivity contribution in [1.82, 2.24) is 4.98 Å². The molecule has 6 aromatic rings. The Morgan fingerprint density at radius 1 is 0.600 bits per heavy atom. The Labute approximate surface area is 174 Å². The first-order valence-corrected chi connectivity index (χ1v) is 10.1. The van der Waals surface area contributed by atoms with Crippen molar-refractivity contribution in [3.8, 4) is 22.3 Å². The molecule has 0 unspecified atom stereocenters. The molecule has 30 heavy (non-hydrogen) atoms. The third kappa shape index (κ3) is 2.40. The van der Waals surface area contributed by atoms with Gasteiger partial charge in [0.2, 0.25) is 0 Å². The van der Waals surface area contributed by atoms with Crippen molar-refractivity contribution >= 4 is 32.6 Å². The summed E-state index contributed by atoms with van der Waals surface area (Å²) in [5.41, 5.74) is 7.87. The predicted molar refractivity (Wildman–Crippen MR) is 125 cm³/mol. The van der Waals surface area contributed by atoms with E-state index in [1.54, 1.807) is 6.39 Å². The maximum absolute atomic E-state index is 5.85. The Hall–Kier alpha value is -3.91. The molecular formula is C28H19NO. The highest BCUT2D eigenvalue weighted by Crippen LogP contribution is 2.42. The van der Waals surface area contributed by atoms with E-state index in [0.29, 0.717) is 0 Å². The number of fused-ring (bicyclic) bond motifs is 6. The van der Waals surface area contributed by atoms with Gasteiger partial charge in [0.25, 0.3) is 0 Å². The Morgan fingerprint density at radius 2 is 1.30 bits per heavy atom. The molecule has 0 bridgehead atoms. The Balaban J connectivity index is 1.81. The molecule has 0 aliphatic rings. The zero-order valence-electron chi connectivity index (χ0n) is 16.6. The van der Waals surface area contributed by atoms with Gasteiger partial charge >= 0.3 is 0 Å². The molecule has 0 atom stereocenters. The molecule has 5 aromatic carbocycles. The van der Waals surface area contributed by atoms with Crippen molar-refractivity contribution in [1.29, 1.82) is 0 Å². The number of benzene rings is 5. The van der Waals surface area contributed by atoms with E-state index in [0.717, 1.165) is 21.9 Å². The van der Waals surface area contributed by atoms with Crippen molar-refractivity contribution in [2.45, 2.75) is 6.92 Å². The molecule has 142 valence electrons. The second-order valence-corrected chi connectivity index (χ2v) is 7.67. The van der Waals surface area contributed by atoms with Gasteiger partial charge in [-0.25, -0.2) is 4.98 Å². The van der Waals surface area contributed by atoms with Crippen molar-refractivity contribution in [3.63, 3.8) is 0 Å². The van der Waals surface area contributed by atoms with E-state index in [4.69, 9.17) is 4.42 Å². The van der Waals surface area contributed by atoms with Crippen LogP contribution in [0.15, 0.2) is 102 Å². The van der Waals surface area contributed by atoms with Crippen LogP contribution in [0.25, 0.3) is 54.9 Å². The molecule has 6 rings (SSSR count). The molecule has 0 spiro atoms. The number of hydrogen-bond acceptors (Lipinski definition) is 2. The summed E-state index contributed by atoms with van der Waals surface area (Å²) in [7, 11) is 0. The largest absolute Gasteiger partial charge is 0.443 e. The summed E-state index contributed by atoms with van der Waals surface area (Å²) in [6.07, 6.45) is 1.56. The molecule has 0 saturated carbocycles. The number of hydrogen-bond donors (Lipinski definition) is 0. The number of nitrogens with zero attached hydrogens (tertiary/aromatic N) is 1. The summed E-state index contributed by atoms with van der Waals surface area (Å²) < 4.78 is 5.85. The summed E-state index contributed by atoms with van der Waals surface area (Å²) >= 11 is 0. The third-order valence-electron chi connectivity index (χ3n) is 5.96. The second kappa shape index (κ2) is 6.57. The van der Waals surface area contributed by atoms with Crippen LogP contribution < -0.4 is 0 Å². The maximum Gasteiger partial charge on any atom is 0.182 e. The lowest BCUT2D eigenvalue weighted by atomic mass is 9.88. The van der Waals surface area contributed by atoms with Crippen molar-refractivity contribution in [2.75, 3.05) is 0 Å². The van der Waals surface area contributed by atoms with Gasteiger partial charge in [-0.15, -0.1) is 0 Å². The van der Waals surface area contributed by atoms with Gasteiger partial charge < -0.3 is 4.42 Å². The maximum atomic E-state index is 5.85. The molecule has 1 aromatic heterocycles. The van der Waals surface area contributed by atoms with Crippen LogP contribution in [0.5, 0.6) is 0 Å². The van der Waals surface area contributed by atoms with Gasteiger partial charge in [-0.1, -0.05) is 91.0 Å². The summed E-state index contributed by atoms with van der Waals surface area (Å²) in [6, 6.07) is 32.2. The smallest absolute Gasteiger partial charge is 0.182 e. The van der Waals surface area contributed by atoms with Crippen LogP contribution in [-0.2, 0) is 0 Å². The van der Waals surface area contributed by atoms with E-state index in [9.17, 15) is 0 Å². The van der Waals surface area contributed by atoms with E-state index < -0.39 is 0 Å². The van der Waals surface area contributed by atoms with E-state index in [1.807, 2.05) is 0 Å². The zero-order chi connectivity index (χ0) is 20.1. The summed E-state index contributed by atoms with van der Waals surface area (Å²) in [4.78, 5) is 4.59. The third-order valence-corrected chi connectivity index (χ3v) is 5.96. The highest BCUT2D eigenvalue weighted by atomic mass is 16.3. The Bertz CT molecular complexity index is 1540. The number of aryl methyl sites for hydroxylation is 1. The van der Waals surface area contributed by atoms with Crippen LogP contribution in [-0.4, -0.2) is 4.98 Å². The highest BCUT2D eigenvalue weighted by molar-refractivity contribution is 6.27. The molecule has 1 heterocycles. The molecule has 0 radical (unpaired) electrons. The normalized spacial score (nSPS) is 11.5. The number of rotatable bonds is 2. The topological polar surface area (TPSA) is 26.0 Å². The lowest BCUT2D eigenvalue weighted by molar-refractivity contribution is 0.605. The molecule has 0 aliphatic carbocycles. The highest BCUT2D eigenvalue weighted by Gasteiger charge is 2.18. The van der Waals surface area contributed by atoms with Crippen LogP contribution in [0.2, 0.25) is 0 Å². The van der Waals surface area contributed by atoms with Crippen LogP contribution >= 0.6 is 0 Å². The fourth-order valence-corrected chi connectivity index (χ4v) is 4.64. The van der Waals surface area contributed by atoms with Crippen LogP contribution in [0, 0.1) is 6.92 Å². The number of aromatic nitrogens is 1. The lowest BCUT2D eigenvalue weighted by Gasteiger charge is -2.15. The summed E-state index contributed by atoms with van der Waals surface area (Å²) in [5, 5.41) is 4.69. The molecular weight excluding hydrogens is 366 g/mol. The van der Waals surface area contributed by atoms with Crippen LogP contribution in [0.3, 0.4) is 0 Å². The van der Waals surface area contributed by atoms with Crippen molar-refractivity contribution < 1.29 is 4.42 Å².